The Kier molecular flexibility index (Phi) is 2.83. The molecule has 1 aliphatic rings. The normalized spacial score (nSPS) is 13.9. The van der Waals surface area contributed by atoms with Crippen LogP contribution in [0.3, 0.4) is 0 Å². The average molecular weight is 236 g/mol. The number of anilines is 2. The van der Waals surface area contributed by atoms with Crippen molar-refractivity contribution in [3.8, 4) is 0 Å². The molecule has 1 aromatic rings. The summed E-state index contributed by atoms with van der Waals surface area (Å²) >= 11 is 0. The van der Waals surface area contributed by atoms with Crippen LogP contribution in [0, 0.1) is 5.82 Å². The third-order valence-electron chi connectivity index (χ3n) is 2.22. The summed E-state index contributed by atoms with van der Waals surface area (Å²) in [5.74, 6) is -0.525. The SMILES string of the molecule is CN1C(=O)Cc2cc(N)cc(F)c21.[Fe]. The maximum absolute atomic E-state index is 13.3. The molecule has 5 heteroatoms. The molecule has 0 atom stereocenters. The average Bonchev–Trinajstić information content (AvgIpc) is 2.27. The number of hydrogen-bond donors (Lipinski definition) is 1. The van der Waals surface area contributed by atoms with Crippen molar-refractivity contribution in [3.63, 3.8) is 0 Å². The van der Waals surface area contributed by atoms with Gasteiger partial charge in [0, 0.05) is 29.8 Å². The molecular formula is C9H9FFeN2O. The fourth-order valence-electron chi connectivity index (χ4n) is 1.60. The van der Waals surface area contributed by atoms with Crippen molar-refractivity contribution in [1.29, 1.82) is 0 Å². The summed E-state index contributed by atoms with van der Waals surface area (Å²) in [5.41, 5.74) is 6.84. The Labute approximate surface area is 91.5 Å². The van der Waals surface area contributed by atoms with Gasteiger partial charge in [-0.1, -0.05) is 0 Å². The van der Waals surface area contributed by atoms with E-state index < -0.39 is 5.82 Å². The molecule has 1 aliphatic heterocycles. The van der Waals surface area contributed by atoms with Crippen LogP contribution in [-0.4, -0.2) is 13.0 Å². The summed E-state index contributed by atoms with van der Waals surface area (Å²) in [4.78, 5) is 12.5. The standard InChI is InChI=1S/C9H9FN2O.Fe/c1-12-8(13)3-5-2-6(11)4-7(10)9(5)12;/h2,4H,3,11H2,1H3;. The Morgan fingerprint density at radius 2 is 2.14 bits per heavy atom. The minimum atomic E-state index is -0.427. The molecule has 0 radical (unpaired) electrons. The van der Waals surface area contributed by atoms with Gasteiger partial charge in [-0.25, -0.2) is 4.39 Å². The van der Waals surface area contributed by atoms with Crippen molar-refractivity contribution in [2.75, 3.05) is 17.7 Å². The van der Waals surface area contributed by atoms with Gasteiger partial charge in [-0.05, 0) is 17.7 Å². The van der Waals surface area contributed by atoms with Gasteiger partial charge in [-0.3, -0.25) is 4.79 Å². The molecule has 2 rings (SSSR count). The molecule has 3 nitrogen and oxygen atoms in total. The zero-order valence-electron chi connectivity index (χ0n) is 7.53. The summed E-state index contributed by atoms with van der Waals surface area (Å²) in [6, 6.07) is 2.87. The minimum absolute atomic E-state index is 0. The molecule has 0 aliphatic carbocycles. The van der Waals surface area contributed by atoms with E-state index in [1.807, 2.05) is 0 Å². The van der Waals surface area contributed by atoms with Crippen molar-refractivity contribution < 1.29 is 26.3 Å². The first-order chi connectivity index (χ1) is 6.09. The summed E-state index contributed by atoms with van der Waals surface area (Å²) in [7, 11) is 1.56. The van der Waals surface area contributed by atoms with Crippen molar-refractivity contribution in [2.24, 2.45) is 0 Å². The molecular weight excluding hydrogens is 227 g/mol. The van der Waals surface area contributed by atoms with Gasteiger partial charge in [0.1, 0.15) is 5.82 Å². The molecule has 1 heterocycles. The number of benzene rings is 1. The van der Waals surface area contributed by atoms with Crippen LogP contribution in [0.2, 0.25) is 0 Å². The predicted octanol–water partition coefficient (Wildman–Crippen LogP) is 0.924. The van der Waals surface area contributed by atoms with E-state index in [9.17, 15) is 9.18 Å². The van der Waals surface area contributed by atoms with E-state index in [0.29, 0.717) is 16.9 Å². The number of carbonyl (C=O) groups is 1. The number of amides is 1. The van der Waals surface area contributed by atoms with Gasteiger partial charge < -0.3 is 10.6 Å². The fraction of sp³-hybridized carbons (Fsp3) is 0.222. The van der Waals surface area contributed by atoms with Crippen LogP contribution in [0.25, 0.3) is 0 Å². The Morgan fingerprint density at radius 3 is 2.79 bits per heavy atom. The number of hydrogen-bond acceptors (Lipinski definition) is 2. The first-order valence-corrected chi connectivity index (χ1v) is 3.94. The van der Waals surface area contributed by atoms with E-state index in [0.717, 1.165) is 0 Å². The van der Waals surface area contributed by atoms with E-state index in [1.165, 1.54) is 11.0 Å². The van der Waals surface area contributed by atoms with Crippen LogP contribution in [0.5, 0.6) is 0 Å². The topological polar surface area (TPSA) is 46.3 Å². The molecule has 0 saturated heterocycles. The third-order valence-corrected chi connectivity index (χ3v) is 2.22. The second kappa shape index (κ2) is 3.59. The number of likely N-dealkylation sites (N-methyl/N-ethyl adjacent to an activating group) is 1. The zero-order valence-corrected chi connectivity index (χ0v) is 8.63. The zero-order chi connectivity index (χ0) is 9.59. The Bertz CT molecular complexity index is 395. The molecule has 14 heavy (non-hydrogen) atoms. The first-order valence-electron chi connectivity index (χ1n) is 3.94. The summed E-state index contributed by atoms with van der Waals surface area (Å²) in [6.07, 6.45) is 0.244. The van der Waals surface area contributed by atoms with Crippen molar-refractivity contribution in [2.45, 2.75) is 6.42 Å². The molecule has 0 bridgehead atoms. The van der Waals surface area contributed by atoms with Crippen LogP contribution in [0.4, 0.5) is 15.8 Å². The van der Waals surface area contributed by atoms with E-state index in [2.05, 4.69) is 0 Å². The fourth-order valence-corrected chi connectivity index (χ4v) is 1.60. The Hall–Kier alpha value is -1.06. The minimum Gasteiger partial charge on any atom is -0.399 e. The number of rotatable bonds is 0. The largest absolute Gasteiger partial charge is 0.399 e. The number of halogens is 1. The third kappa shape index (κ3) is 1.49. The van der Waals surface area contributed by atoms with Gasteiger partial charge in [-0.2, -0.15) is 0 Å². The molecule has 76 valence electrons. The molecule has 0 unspecified atom stereocenters. The van der Waals surface area contributed by atoms with Gasteiger partial charge >= 0.3 is 0 Å². The molecule has 0 fully saturated rings. The van der Waals surface area contributed by atoms with Gasteiger partial charge in [0.05, 0.1) is 12.1 Å². The summed E-state index contributed by atoms with van der Waals surface area (Å²) in [6.45, 7) is 0. The maximum Gasteiger partial charge on any atom is 0.231 e. The van der Waals surface area contributed by atoms with E-state index in [-0.39, 0.29) is 29.4 Å². The number of carbonyl (C=O) groups excluding carboxylic acids is 1. The molecule has 1 amide bonds. The first kappa shape index (κ1) is 11.0. The van der Waals surface area contributed by atoms with Gasteiger partial charge in [0.2, 0.25) is 5.91 Å². The number of fused-ring (bicyclic) bond motifs is 1. The Balaban J connectivity index is 0.000000980. The van der Waals surface area contributed by atoms with Crippen molar-refractivity contribution >= 4 is 17.3 Å². The van der Waals surface area contributed by atoms with Gasteiger partial charge in [0.25, 0.3) is 0 Å². The van der Waals surface area contributed by atoms with Crippen LogP contribution in [0.1, 0.15) is 5.56 Å². The van der Waals surface area contributed by atoms with Crippen molar-refractivity contribution in [3.05, 3.63) is 23.5 Å². The van der Waals surface area contributed by atoms with Crippen LogP contribution >= 0.6 is 0 Å². The van der Waals surface area contributed by atoms with Gasteiger partial charge in [0.15, 0.2) is 0 Å². The summed E-state index contributed by atoms with van der Waals surface area (Å²) in [5, 5.41) is 0. The van der Waals surface area contributed by atoms with E-state index in [4.69, 9.17) is 5.73 Å². The molecule has 2 N–H and O–H groups in total. The molecule has 0 spiro atoms. The van der Waals surface area contributed by atoms with Crippen LogP contribution < -0.4 is 10.6 Å². The number of nitrogens with two attached hydrogens (primary N) is 1. The predicted molar refractivity (Wildman–Crippen MR) is 47.9 cm³/mol. The summed E-state index contributed by atoms with van der Waals surface area (Å²) < 4.78 is 13.3. The van der Waals surface area contributed by atoms with Crippen molar-refractivity contribution in [1.82, 2.24) is 0 Å². The number of nitrogens with zero attached hydrogens (tertiary/aromatic N) is 1. The molecule has 0 saturated carbocycles. The smallest absolute Gasteiger partial charge is 0.231 e. The monoisotopic (exact) mass is 236 g/mol. The number of nitrogen functional groups attached to an aromatic ring is 1. The maximum atomic E-state index is 13.3. The van der Waals surface area contributed by atoms with Crippen LogP contribution in [-0.2, 0) is 28.3 Å². The quantitative estimate of drug-likeness (QED) is 0.537. The Morgan fingerprint density at radius 1 is 1.50 bits per heavy atom. The van der Waals surface area contributed by atoms with E-state index >= 15 is 0 Å². The molecule has 1 aromatic carbocycles. The molecule has 0 aromatic heterocycles. The second-order valence-electron chi connectivity index (χ2n) is 3.14. The van der Waals surface area contributed by atoms with Crippen LogP contribution in [0.15, 0.2) is 12.1 Å². The second-order valence-corrected chi connectivity index (χ2v) is 3.14. The van der Waals surface area contributed by atoms with Gasteiger partial charge in [-0.15, -0.1) is 0 Å². The van der Waals surface area contributed by atoms with E-state index in [1.54, 1.807) is 13.1 Å².